The molecule has 0 saturated heterocycles. The fourth-order valence-corrected chi connectivity index (χ4v) is 5.64. The number of carbonyl (C=O) groups is 3. The van der Waals surface area contributed by atoms with Crippen LogP contribution in [0.2, 0.25) is 15.1 Å². The van der Waals surface area contributed by atoms with E-state index in [0.29, 0.717) is 102 Å². The third-order valence-electron chi connectivity index (χ3n) is 7.75. The molecule has 0 fully saturated rings. The molecule has 0 unspecified atom stereocenters. The standard InChI is InChI=1S/C42H26Cl3N3O6/c43-33-7-1-30(2-8-33)40(52-24-49)21-27-13-15-46-36(17-27)38-19-29(23-42(54-26-51)32-5-11-35(45)12-6-32)20-39(48-38)37-18-28(14-16-47-37)22-41(53-25-50)31-3-9-34(44)10-4-31/h1-26H/b40-21+,41-22+,42-23+. The van der Waals surface area contributed by atoms with Gasteiger partial charge in [0.15, 0.2) is 0 Å². The van der Waals surface area contributed by atoms with Gasteiger partial charge in [0.2, 0.25) is 0 Å². The molecule has 0 amide bonds. The Labute approximate surface area is 324 Å². The summed E-state index contributed by atoms with van der Waals surface area (Å²) in [6.07, 6.45) is 8.29. The van der Waals surface area contributed by atoms with Crippen molar-refractivity contribution in [2.75, 3.05) is 0 Å². The van der Waals surface area contributed by atoms with E-state index in [9.17, 15) is 14.4 Å². The van der Waals surface area contributed by atoms with Gasteiger partial charge in [-0.2, -0.15) is 0 Å². The summed E-state index contributed by atoms with van der Waals surface area (Å²) in [6, 6.07) is 31.2. The number of halogens is 3. The molecule has 266 valence electrons. The Bertz CT molecular complexity index is 2260. The molecule has 0 N–H and O–H groups in total. The Morgan fingerprint density at radius 1 is 0.426 bits per heavy atom. The number of ether oxygens (including phenoxy) is 3. The number of hydrogen-bond donors (Lipinski definition) is 0. The van der Waals surface area contributed by atoms with E-state index in [1.54, 1.807) is 140 Å². The summed E-state index contributed by atoms with van der Waals surface area (Å²) in [5.74, 6) is 0.859. The van der Waals surface area contributed by atoms with E-state index < -0.39 is 0 Å². The first-order valence-corrected chi connectivity index (χ1v) is 17.1. The monoisotopic (exact) mass is 773 g/mol. The number of nitrogens with zero attached hydrogens (tertiary/aromatic N) is 3. The molecule has 3 heterocycles. The van der Waals surface area contributed by atoms with Crippen LogP contribution in [-0.4, -0.2) is 34.4 Å². The van der Waals surface area contributed by atoms with Crippen molar-refractivity contribution in [3.63, 3.8) is 0 Å². The number of aromatic nitrogens is 3. The molecular weight excluding hydrogens is 749 g/mol. The van der Waals surface area contributed by atoms with Crippen LogP contribution in [-0.2, 0) is 28.6 Å². The van der Waals surface area contributed by atoms with E-state index in [1.165, 1.54) is 0 Å². The molecule has 3 aromatic heterocycles. The Morgan fingerprint density at radius 3 is 1.07 bits per heavy atom. The fourth-order valence-electron chi connectivity index (χ4n) is 5.26. The van der Waals surface area contributed by atoms with Gasteiger partial charge in [-0.05, 0) is 144 Å². The van der Waals surface area contributed by atoms with Crippen LogP contribution in [0, 0.1) is 0 Å². The van der Waals surface area contributed by atoms with Crippen molar-refractivity contribution in [3.8, 4) is 22.8 Å². The van der Waals surface area contributed by atoms with Crippen molar-refractivity contribution in [3.05, 3.63) is 170 Å². The van der Waals surface area contributed by atoms with Gasteiger partial charge in [0.25, 0.3) is 19.4 Å². The highest BCUT2D eigenvalue weighted by molar-refractivity contribution is 6.31. The minimum atomic E-state index is 0.260. The highest BCUT2D eigenvalue weighted by Gasteiger charge is 2.13. The Kier molecular flexibility index (Phi) is 12.4. The molecule has 0 bridgehead atoms. The Hall–Kier alpha value is -6.39. The van der Waals surface area contributed by atoms with E-state index in [2.05, 4.69) is 9.97 Å². The Morgan fingerprint density at radius 2 is 0.741 bits per heavy atom. The average molecular weight is 775 g/mol. The van der Waals surface area contributed by atoms with Crippen LogP contribution in [0.15, 0.2) is 122 Å². The van der Waals surface area contributed by atoms with E-state index in [4.69, 9.17) is 54.0 Å². The zero-order chi connectivity index (χ0) is 37.9. The van der Waals surface area contributed by atoms with Crippen molar-refractivity contribution in [2.45, 2.75) is 0 Å². The quantitative estimate of drug-likeness (QED) is 0.0605. The summed E-state index contributed by atoms with van der Waals surface area (Å²) >= 11 is 18.2. The summed E-state index contributed by atoms with van der Waals surface area (Å²) in [4.78, 5) is 48.5. The first kappa shape index (κ1) is 37.4. The number of pyridine rings is 3. The first-order chi connectivity index (χ1) is 26.3. The number of hydrogen-bond acceptors (Lipinski definition) is 9. The van der Waals surface area contributed by atoms with Crippen LogP contribution in [0.25, 0.3) is 58.3 Å². The lowest BCUT2D eigenvalue weighted by atomic mass is 10.0. The average Bonchev–Trinajstić information content (AvgIpc) is 3.18. The molecule has 3 aromatic carbocycles. The van der Waals surface area contributed by atoms with Gasteiger partial charge in [0.1, 0.15) is 17.3 Å². The van der Waals surface area contributed by atoms with Crippen LogP contribution in [0.1, 0.15) is 33.4 Å². The van der Waals surface area contributed by atoms with Crippen LogP contribution in [0.3, 0.4) is 0 Å². The molecule has 6 rings (SSSR count). The minimum Gasteiger partial charge on any atom is -0.428 e. The van der Waals surface area contributed by atoms with Crippen LogP contribution < -0.4 is 0 Å². The van der Waals surface area contributed by atoms with Crippen LogP contribution in [0.4, 0.5) is 0 Å². The molecule has 0 aliphatic heterocycles. The predicted octanol–water partition coefficient (Wildman–Crippen LogP) is 10.2. The van der Waals surface area contributed by atoms with E-state index in [1.807, 2.05) is 0 Å². The van der Waals surface area contributed by atoms with Crippen molar-refractivity contribution in [1.29, 1.82) is 0 Å². The summed E-state index contributed by atoms with van der Waals surface area (Å²) in [7, 11) is 0. The van der Waals surface area contributed by atoms with Crippen LogP contribution >= 0.6 is 34.8 Å². The lowest BCUT2D eigenvalue weighted by molar-refractivity contribution is -0.123. The highest BCUT2D eigenvalue weighted by Crippen LogP contribution is 2.30. The minimum absolute atomic E-state index is 0.260. The molecule has 9 nitrogen and oxygen atoms in total. The van der Waals surface area contributed by atoms with Gasteiger partial charge in [0.05, 0.1) is 22.8 Å². The molecule has 54 heavy (non-hydrogen) atoms. The molecule has 0 aliphatic rings. The van der Waals surface area contributed by atoms with Gasteiger partial charge >= 0.3 is 0 Å². The van der Waals surface area contributed by atoms with Crippen molar-refractivity contribution in [2.24, 2.45) is 0 Å². The van der Waals surface area contributed by atoms with E-state index >= 15 is 0 Å². The second-order valence-corrected chi connectivity index (χ2v) is 12.6. The SMILES string of the molecule is O=CO/C(=C/c1ccnc(-c2cc(/C=C(/OC=O)c3ccc(Cl)cc3)cc(-c3cc(/C=C(/OC=O)c4ccc(Cl)cc4)ccn3)n2)c1)c1ccc(Cl)cc1. The summed E-state index contributed by atoms with van der Waals surface area (Å²) < 4.78 is 16.0. The molecule has 12 heteroatoms. The lowest BCUT2D eigenvalue weighted by Gasteiger charge is -2.11. The molecule has 0 atom stereocenters. The lowest BCUT2D eigenvalue weighted by Crippen LogP contribution is -1.97. The number of carbonyl (C=O) groups excluding carboxylic acids is 3. The summed E-state index contributed by atoms with van der Waals surface area (Å²) in [5.41, 5.74) is 5.68. The largest absolute Gasteiger partial charge is 0.428 e. The third-order valence-corrected chi connectivity index (χ3v) is 8.50. The zero-order valence-electron chi connectivity index (χ0n) is 27.9. The van der Waals surface area contributed by atoms with Gasteiger partial charge in [-0.25, -0.2) is 4.98 Å². The molecular formula is C42H26Cl3N3O6. The van der Waals surface area contributed by atoms with Gasteiger partial charge in [-0.1, -0.05) is 34.8 Å². The third kappa shape index (κ3) is 9.72. The van der Waals surface area contributed by atoms with Gasteiger partial charge in [-0.15, -0.1) is 0 Å². The summed E-state index contributed by atoms with van der Waals surface area (Å²) in [6.45, 7) is 1.05. The van der Waals surface area contributed by atoms with Gasteiger partial charge in [0, 0.05) is 44.2 Å². The zero-order valence-corrected chi connectivity index (χ0v) is 30.2. The molecule has 0 radical (unpaired) electrons. The fraction of sp³-hybridized carbons (Fsp3) is 0. The molecule has 0 spiro atoms. The van der Waals surface area contributed by atoms with E-state index in [-0.39, 0.29) is 5.76 Å². The molecule has 6 aromatic rings. The number of rotatable bonds is 14. The smallest absolute Gasteiger partial charge is 0.298 e. The first-order valence-electron chi connectivity index (χ1n) is 16.0. The summed E-state index contributed by atoms with van der Waals surface area (Å²) in [5, 5.41) is 1.60. The maximum atomic E-state index is 11.6. The van der Waals surface area contributed by atoms with Crippen molar-refractivity contribution < 1.29 is 28.6 Å². The second-order valence-electron chi connectivity index (χ2n) is 11.3. The number of benzene rings is 3. The Balaban J connectivity index is 1.47. The van der Waals surface area contributed by atoms with E-state index in [0.717, 1.165) is 0 Å². The maximum absolute atomic E-state index is 11.6. The maximum Gasteiger partial charge on any atom is 0.298 e. The normalized spacial score (nSPS) is 11.8. The molecule has 0 aliphatic carbocycles. The predicted molar refractivity (Wildman–Crippen MR) is 210 cm³/mol. The van der Waals surface area contributed by atoms with Crippen molar-refractivity contribution in [1.82, 2.24) is 15.0 Å². The molecule has 0 saturated carbocycles. The highest BCUT2D eigenvalue weighted by atomic mass is 35.5. The van der Waals surface area contributed by atoms with Crippen LogP contribution in [0.5, 0.6) is 0 Å². The van der Waals surface area contributed by atoms with Gasteiger partial charge in [-0.3, -0.25) is 24.4 Å². The van der Waals surface area contributed by atoms with Gasteiger partial charge < -0.3 is 14.2 Å². The van der Waals surface area contributed by atoms with Crippen molar-refractivity contribution >= 4 is 89.7 Å². The topological polar surface area (TPSA) is 118 Å². The second kappa shape index (κ2) is 17.9.